The molecule has 272 valence electrons. The Hall–Kier alpha value is -2.47. The fourth-order valence-electron chi connectivity index (χ4n) is 8.86. The number of hydrogen-bond donors (Lipinski definition) is 2. The van der Waals surface area contributed by atoms with Crippen LogP contribution in [-0.4, -0.2) is 45.9 Å². The fraction of sp³-hybridized carbons (Fsp3) is 0.771. The standard InChI is InChI=1S/C35H45F9O4/c1-31-18-16-26-25-13-12-24(45)20-23(25)19-22(29(26)27(31)14-15-28(31)46)10-7-5-3-2-4-6-9-21(30(47)48)11-8-17-32(36,37)33(38,39)34(40,41)35(42,43)44/h12-13,20-22,26-27,29,45H,2-11,14-19H2,1H3,(H,47,48)/t21?,22-,26-,27+,29-,31+/m1/s1. The van der Waals surface area contributed by atoms with Gasteiger partial charge in [-0.25, -0.2) is 0 Å². The van der Waals surface area contributed by atoms with Crippen molar-refractivity contribution in [2.24, 2.45) is 29.1 Å². The molecule has 6 atom stereocenters. The van der Waals surface area contributed by atoms with Crippen molar-refractivity contribution in [1.82, 2.24) is 0 Å². The van der Waals surface area contributed by atoms with Crippen LogP contribution in [0.2, 0.25) is 0 Å². The SMILES string of the molecule is C[C@]12CC[C@@H]3c4ccc(O)cc4C[C@@H](CCCCCCCCC(CCCC(F)(F)C(F)(F)C(F)(F)C(F)(F)F)C(=O)O)[C@H]3[C@@H]1CCC2=O. The Labute approximate surface area is 274 Å². The smallest absolute Gasteiger partial charge is 0.460 e. The third-order valence-electron chi connectivity index (χ3n) is 11.6. The lowest BCUT2D eigenvalue weighted by Crippen LogP contribution is -2.60. The minimum atomic E-state index is -6.95. The molecule has 2 saturated carbocycles. The van der Waals surface area contributed by atoms with Crippen LogP contribution in [0.4, 0.5) is 39.5 Å². The van der Waals surface area contributed by atoms with Gasteiger partial charge in [0.25, 0.3) is 0 Å². The maximum absolute atomic E-state index is 13.8. The van der Waals surface area contributed by atoms with E-state index in [1.807, 2.05) is 12.1 Å². The van der Waals surface area contributed by atoms with Gasteiger partial charge < -0.3 is 10.2 Å². The van der Waals surface area contributed by atoms with Gasteiger partial charge in [0.15, 0.2) is 0 Å². The van der Waals surface area contributed by atoms with Gasteiger partial charge in [0.1, 0.15) is 11.5 Å². The van der Waals surface area contributed by atoms with E-state index in [0.29, 0.717) is 48.7 Å². The highest BCUT2D eigenvalue weighted by Gasteiger charge is 2.81. The van der Waals surface area contributed by atoms with Crippen molar-refractivity contribution in [3.8, 4) is 5.75 Å². The number of carbonyl (C=O) groups excluding carboxylic acids is 1. The predicted molar refractivity (Wildman–Crippen MR) is 159 cm³/mol. The third-order valence-corrected chi connectivity index (χ3v) is 11.6. The summed E-state index contributed by atoms with van der Waals surface area (Å²) in [6.07, 6.45) is -0.607. The third kappa shape index (κ3) is 7.49. The number of ketones is 1. The van der Waals surface area contributed by atoms with Crippen LogP contribution in [-0.2, 0) is 16.0 Å². The summed E-state index contributed by atoms with van der Waals surface area (Å²) in [4.78, 5) is 24.4. The van der Waals surface area contributed by atoms with Crippen LogP contribution in [0.25, 0.3) is 0 Å². The quantitative estimate of drug-likeness (QED) is 0.133. The van der Waals surface area contributed by atoms with E-state index in [2.05, 4.69) is 6.92 Å². The molecule has 48 heavy (non-hydrogen) atoms. The van der Waals surface area contributed by atoms with E-state index in [1.54, 1.807) is 6.07 Å². The van der Waals surface area contributed by atoms with Gasteiger partial charge in [-0.1, -0.05) is 51.5 Å². The molecule has 1 aromatic rings. The van der Waals surface area contributed by atoms with E-state index in [9.17, 15) is 59.3 Å². The topological polar surface area (TPSA) is 74.6 Å². The summed E-state index contributed by atoms with van der Waals surface area (Å²) in [6, 6.07) is 5.65. The number of phenolic OH excluding ortho intramolecular Hbond substituents is 1. The predicted octanol–water partition coefficient (Wildman–Crippen LogP) is 10.5. The number of carboxylic acids is 1. The second-order valence-corrected chi connectivity index (χ2v) is 14.5. The fourth-order valence-corrected chi connectivity index (χ4v) is 8.86. The molecule has 0 spiro atoms. The number of alkyl halides is 9. The highest BCUT2D eigenvalue weighted by molar-refractivity contribution is 5.87. The van der Waals surface area contributed by atoms with Crippen molar-refractivity contribution in [1.29, 1.82) is 0 Å². The molecule has 0 bridgehead atoms. The summed E-state index contributed by atoms with van der Waals surface area (Å²) >= 11 is 0. The number of unbranched alkanes of at least 4 members (excludes halogenated alkanes) is 5. The van der Waals surface area contributed by atoms with Crippen LogP contribution in [0.1, 0.15) is 120 Å². The Kier molecular flexibility index (Phi) is 11.5. The molecule has 3 aliphatic carbocycles. The number of fused-ring (bicyclic) bond motifs is 5. The molecule has 4 rings (SSSR count). The lowest BCUT2D eigenvalue weighted by atomic mass is 9.52. The number of benzene rings is 1. The average molecular weight is 701 g/mol. The number of aromatic hydroxyl groups is 1. The summed E-state index contributed by atoms with van der Waals surface area (Å²) in [5.41, 5.74) is 2.21. The zero-order valence-electron chi connectivity index (χ0n) is 27.0. The Morgan fingerprint density at radius 1 is 0.896 bits per heavy atom. The Morgan fingerprint density at radius 3 is 2.17 bits per heavy atom. The largest absolute Gasteiger partial charge is 0.508 e. The minimum absolute atomic E-state index is 0.0340. The van der Waals surface area contributed by atoms with Gasteiger partial charge in [-0.15, -0.1) is 0 Å². The second-order valence-electron chi connectivity index (χ2n) is 14.5. The molecule has 1 aromatic carbocycles. The number of rotatable bonds is 16. The van der Waals surface area contributed by atoms with Gasteiger partial charge in [0, 0.05) is 18.3 Å². The lowest BCUT2D eigenvalue weighted by Gasteiger charge is -2.51. The molecular weight excluding hydrogens is 655 g/mol. The van der Waals surface area contributed by atoms with Crippen LogP contribution in [0.3, 0.4) is 0 Å². The van der Waals surface area contributed by atoms with Crippen molar-refractivity contribution < 1.29 is 59.3 Å². The van der Waals surface area contributed by atoms with Crippen molar-refractivity contribution >= 4 is 11.8 Å². The van der Waals surface area contributed by atoms with Crippen LogP contribution >= 0.6 is 0 Å². The van der Waals surface area contributed by atoms with Crippen molar-refractivity contribution in [3.05, 3.63) is 29.3 Å². The van der Waals surface area contributed by atoms with E-state index in [1.165, 1.54) is 11.1 Å². The number of hydrogen-bond acceptors (Lipinski definition) is 3. The Bertz CT molecular complexity index is 1300. The Balaban J connectivity index is 1.21. The summed E-state index contributed by atoms with van der Waals surface area (Å²) in [5.74, 6) is -19.8. The molecule has 13 heteroatoms. The maximum atomic E-state index is 13.8. The highest BCUT2D eigenvalue weighted by Crippen LogP contribution is 2.62. The minimum Gasteiger partial charge on any atom is -0.508 e. The van der Waals surface area contributed by atoms with Gasteiger partial charge in [-0.05, 0) is 98.3 Å². The van der Waals surface area contributed by atoms with E-state index in [-0.39, 0.29) is 17.6 Å². The first kappa shape index (κ1) is 38.3. The molecule has 0 aliphatic heterocycles. The number of Topliss-reactive ketones (excluding diaryl/α,β-unsaturated/α-hetero) is 1. The van der Waals surface area contributed by atoms with E-state index in [0.717, 1.165) is 57.8 Å². The molecule has 0 amide bonds. The molecule has 0 aromatic heterocycles. The first-order valence-corrected chi connectivity index (χ1v) is 17.0. The first-order chi connectivity index (χ1) is 22.2. The number of halogens is 9. The van der Waals surface area contributed by atoms with Crippen LogP contribution in [0, 0.1) is 29.1 Å². The summed E-state index contributed by atoms with van der Waals surface area (Å²) < 4.78 is 118. The second kappa shape index (κ2) is 14.4. The molecule has 3 aliphatic rings. The highest BCUT2D eigenvalue weighted by atomic mass is 19.4. The molecule has 0 radical (unpaired) electrons. The number of aliphatic carboxylic acids is 1. The average Bonchev–Trinajstić information content (AvgIpc) is 3.29. The first-order valence-electron chi connectivity index (χ1n) is 17.0. The van der Waals surface area contributed by atoms with Gasteiger partial charge in [0.2, 0.25) is 0 Å². The van der Waals surface area contributed by atoms with E-state index in [4.69, 9.17) is 0 Å². The van der Waals surface area contributed by atoms with Gasteiger partial charge in [-0.2, -0.15) is 39.5 Å². The summed E-state index contributed by atoms with van der Waals surface area (Å²) in [7, 11) is 0. The molecule has 4 nitrogen and oxygen atoms in total. The van der Waals surface area contributed by atoms with Gasteiger partial charge in [-0.3, -0.25) is 9.59 Å². The Morgan fingerprint density at radius 2 is 1.52 bits per heavy atom. The lowest BCUT2D eigenvalue weighted by molar-refractivity contribution is -0.396. The number of carboxylic acid groups (broad SMARTS) is 1. The van der Waals surface area contributed by atoms with Crippen LogP contribution in [0.5, 0.6) is 5.75 Å². The molecule has 0 heterocycles. The monoisotopic (exact) mass is 700 g/mol. The number of carbonyl (C=O) groups is 2. The number of phenols is 1. The van der Waals surface area contributed by atoms with Gasteiger partial charge in [0.05, 0.1) is 5.92 Å². The van der Waals surface area contributed by atoms with E-state index >= 15 is 0 Å². The molecule has 2 N–H and O–H groups in total. The summed E-state index contributed by atoms with van der Waals surface area (Å²) in [5, 5.41) is 19.5. The zero-order valence-corrected chi connectivity index (χ0v) is 27.0. The van der Waals surface area contributed by atoms with Crippen molar-refractivity contribution in [2.75, 3.05) is 0 Å². The summed E-state index contributed by atoms with van der Waals surface area (Å²) in [6.45, 7) is 2.13. The molecule has 0 saturated heterocycles. The molecule has 2 fully saturated rings. The van der Waals surface area contributed by atoms with Crippen molar-refractivity contribution in [3.63, 3.8) is 0 Å². The molecule has 1 unspecified atom stereocenters. The van der Waals surface area contributed by atoms with Crippen LogP contribution < -0.4 is 0 Å². The normalized spacial score (nSPS) is 26.9. The molecular formula is C35H45F9O4. The zero-order chi connectivity index (χ0) is 35.7. The van der Waals surface area contributed by atoms with Gasteiger partial charge >= 0.3 is 29.9 Å². The maximum Gasteiger partial charge on any atom is 0.460 e. The van der Waals surface area contributed by atoms with E-state index < -0.39 is 55.1 Å². The van der Waals surface area contributed by atoms with Crippen molar-refractivity contribution in [2.45, 2.75) is 140 Å². The van der Waals surface area contributed by atoms with Crippen LogP contribution in [0.15, 0.2) is 18.2 Å².